The summed E-state index contributed by atoms with van der Waals surface area (Å²) in [5.74, 6) is 5.93. The van der Waals surface area contributed by atoms with Gasteiger partial charge in [-0.05, 0) is 25.5 Å². The second-order valence-electron chi connectivity index (χ2n) is 6.24. The second kappa shape index (κ2) is 8.48. The third kappa shape index (κ3) is 5.85. The Morgan fingerprint density at radius 3 is 2.64 bits per heavy atom. The Kier molecular flexibility index (Phi) is 6.59. The van der Waals surface area contributed by atoms with E-state index in [1.807, 2.05) is 6.92 Å². The lowest BCUT2D eigenvalue weighted by atomic mass is 10.2. The zero-order valence-corrected chi connectivity index (χ0v) is 15.7. The summed E-state index contributed by atoms with van der Waals surface area (Å²) in [5, 5.41) is 0. The Morgan fingerprint density at radius 1 is 1.32 bits per heavy atom. The van der Waals surface area contributed by atoms with E-state index in [2.05, 4.69) is 16.7 Å². The maximum Gasteiger partial charge on any atom is 0.297 e. The van der Waals surface area contributed by atoms with E-state index < -0.39 is 10.1 Å². The molecule has 6 nitrogen and oxygen atoms in total. The van der Waals surface area contributed by atoms with Gasteiger partial charge in [0.2, 0.25) is 5.91 Å². The lowest BCUT2D eigenvalue weighted by Gasteiger charge is -2.14. The Balaban J connectivity index is 1.83. The molecule has 0 unspecified atom stereocenters. The van der Waals surface area contributed by atoms with Crippen LogP contribution < -0.4 is 0 Å². The molecule has 25 heavy (non-hydrogen) atoms. The van der Waals surface area contributed by atoms with E-state index in [9.17, 15) is 13.2 Å². The molecular formula is C18H24N2O4S. The van der Waals surface area contributed by atoms with Crippen LogP contribution in [0.5, 0.6) is 0 Å². The number of carbonyl (C=O) groups excluding carboxylic acids is 1. The smallest absolute Gasteiger partial charge is 0.297 e. The minimum atomic E-state index is -3.74. The zero-order valence-electron chi connectivity index (χ0n) is 14.9. The predicted molar refractivity (Wildman–Crippen MR) is 95.4 cm³/mol. The van der Waals surface area contributed by atoms with Crippen LogP contribution in [0.4, 0.5) is 0 Å². The number of nitrogens with zero attached hydrogens (tertiary/aromatic N) is 2. The first kappa shape index (κ1) is 19.4. The van der Waals surface area contributed by atoms with Crippen molar-refractivity contribution in [1.82, 2.24) is 9.80 Å². The van der Waals surface area contributed by atoms with Crippen LogP contribution in [0.25, 0.3) is 0 Å². The fourth-order valence-electron chi connectivity index (χ4n) is 2.41. The fourth-order valence-corrected chi connectivity index (χ4v) is 3.51. The number of hydrogen-bond acceptors (Lipinski definition) is 5. The van der Waals surface area contributed by atoms with Gasteiger partial charge in [0.15, 0.2) is 0 Å². The summed E-state index contributed by atoms with van der Waals surface area (Å²) < 4.78 is 30.0. The normalized spacial score (nSPS) is 17.8. The SMILES string of the molecule is CC(=O)N(C)CC#CCN1CC[C@@H](OS(=O)(=O)c2ccc(C)cc2)C1. The second-order valence-corrected chi connectivity index (χ2v) is 7.81. The number of aryl methyl sites for hydroxylation is 1. The van der Waals surface area contributed by atoms with Gasteiger partial charge in [-0.1, -0.05) is 29.5 Å². The summed E-state index contributed by atoms with van der Waals surface area (Å²) in [6.07, 6.45) is 0.299. The van der Waals surface area contributed by atoms with E-state index in [4.69, 9.17) is 4.18 Å². The molecule has 1 aliphatic rings. The monoisotopic (exact) mass is 364 g/mol. The summed E-state index contributed by atoms with van der Waals surface area (Å²) in [6, 6.07) is 6.64. The minimum Gasteiger partial charge on any atom is -0.335 e. The van der Waals surface area contributed by atoms with Gasteiger partial charge in [0.05, 0.1) is 24.1 Å². The van der Waals surface area contributed by atoms with Gasteiger partial charge in [0.1, 0.15) is 0 Å². The van der Waals surface area contributed by atoms with Gasteiger partial charge in [-0.2, -0.15) is 8.42 Å². The lowest BCUT2D eigenvalue weighted by molar-refractivity contribution is -0.126. The molecule has 136 valence electrons. The van der Waals surface area contributed by atoms with Crippen molar-refractivity contribution in [2.75, 3.05) is 33.2 Å². The van der Waals surface area contributed by atoms with E-state index in [1.54, 1.807) is 31.3 Å². The summed E-state index contributed by atoms with van der Waals surface area (Å²) in [4.78, 5) is 14.9. The quantitative estimate of drug-likeness (QED) is 0.581. The maximum absolute atomic E-state index is 12.3. The molecule has 0 bridgehead atoms. The molecule has 1 atom stereocenters. The highest BCUT2D eigenvalue weighted by molar-refractivity contribution is 7.86. The highest BCUT2D eigenvalue weighted by Crippen LogP contribution is 2.20. The molecule has 1 saturated heterocycles. The van der Waals surface area contributed by atoms with E-state index in [-0.39, 0.29) is 16.9 Å². The van der Waals surface area contributed by atoms with E-state index >= 15 is 0 Å². The number of rotatable bonds is 5. The van der Waals surface area contributed by atoms with Crippen LogP contribution in [-0.4, -0.2) is 63.5 Å². The predicted octanol–water partition coefficient (Wildman–Crippen LogP) is 1.26. The van der Waals surface area contributed by atoms with Crippen LogP contribution in [0.15, 0.2) is 29.2 Å². The third-order valence-corrected chi connectivity index (χ3v) is 5.46. The van der Waals surface area contributed by atoms with Gasteiger partial charge in [-0.3, -0.25) is 13.9 Å². The van der Waals surface area contributed by atoms with Gasteiger partial charge in [-0.25, -0.2) is 0 Å². The molecule has 0 radical (unpaired) electrons. The number of hydrogen-bond donors (Lipinski definition) is 0. The van der Waals surface area contributed by atoms with Gasteiger partial charge in [0.25, 0.3) is 10.1 Å². The van der Waals surface area contributed by atoms with Crippen LogP contribution in [0.3, 0.4) is 0 Å². The summed E-state index contributed by atoms with van der Waals surface area (Å²) >= 11 is 0. The Hall–Kier alpha value is -1.88. The molecule has 0 saturated carbocycles. The van der Waals surface area contributed by atoms with Gasteiger partial charge in [-0.15, -0.1) is 0 Å². The molecule has 0 aromatic heterocycles. The molecule has 7 heteroatoms. The molecule has 1 fully saturated rings. The summed E-state index contributed by atoms with van der Waals surface area (Å²) in [5.41, 5.74) is 1.000. The molecule has 1 aromatic rings. The molecule has 0 aliphatic carbocycles. The van der Waals surface area contributed by atoms with Gasteiger partial charge in [0, 0.05) is 27.1 Å². The highest BCUT2D eigenvalue weighted by atomic mass is 32.2. The van der Waals surface area contributed by atoms with Crippen molar-refractivity contribution in [3.05, 3.63) is 29.8 Å². The topological polar surface area (TPSA) is 66.9 Å². The van der Waals surface area contributed by atoms with Crippen LogP contribution in [-0.2, 0) is 19.1 Å². The maximum atomic E-state index is 12.3. The summed E-state index contributed by atoms with van der Waals surface area (Å²) in [6.45, 7) is 5.61. The molecular weight excluding hydrogens is 340 g/mol. The molecule has 2 rings (SSSR count). The molecule has 0 N–H and O–H groups in total. The van der Waals surface area contributed by atoms with Crippen molar-refractivity contribution >= 4 is 16.0 Å². The van der Waals surface area contributed by atoms with Crippen molar-refractivity contribution in [2.45, 2.75) is 31.3 Å². The average Bonchev–Trinajstić information content (AvgIpc) is 2.98. The Bertz CT molecular complexity index is 763. The van der Waals surface area contributed by atoms with Gasteiger partial charge < -0.3 is 4.90 Å². The number of benzene rings is 1. The zero-order chi connectivity index (χ0) is 18.4. The largest absolute Gasteiger partial charge is 0.335 e. The first-order valence-electron chi connectivity index (χ1n) is 8.17. The van der Waals surface area contributed by atoms with Crippen molar-refractivity contribution in [1.29, 1.82) is 0 Å². The van der Waals surface area contributed by atoms with Crippen molar-refractivity contribution < 1.29 is 17.4 Å². The first-order valence-corrected chi connectivity index (χ1v) is 9.58. The van der Waals surface area contributed by atoms with Crippen LogP contribution >= 0.6 is 0 Å². The molecule has 1 heterocycles. The third-order valence-electron chi connectivity index (χ3n) is 4.08. The van der Waals surface area contributed by atoms with E-state index in [1.165, 1.54) is 11.8 Å². The molecule has 1 amide bonds. The van der Waals surface area contributed by atoms with Crippen molar-refractivity contribution in [3.63, 3.8) is 0 Å². The van der Waals surface area contributed by atoms with Crippen LogP contribution in [0, 0.1) is 18.8 Å². The van der Waals surface area contributed by atoms with Crippen LogP contribution in [0.2, 0.25) is 0 Å². The highest BCUT2D eigenvalue weighted by Gasteiger charge is 2.28. The first-order chi connectivity index (χ1) is 11.8. The van der Waals surface area contributed by atoms with Crippen molar-refractivity contribution in [2.24, 2.45) is 0 Å². The number of amides is 1. The molecule has 0 spiro atoms. The minimum absolute atomic E-state index is 0.0229. The average molecular weight is 364 g/mol. The molecule has 1 aliphatic heterocycles. The number of carbonyl (C=O) groups is 1. The Morgan fingerprint density at radius 2 is 2.00 bits per heavy atom. The standard InChI is InChI=1S/C18H24N2O4S/c1-15-6-8-18(9-7-15)25(22,23)24-17-10-13-20(14-17)12-5-4-11-19(3)16(2)21/h6-9,17H,10-14H2,1-3H3/t17-/m1/s1. The van der Waals surface area contributed by atoms with Crippen molar-refractivity contribution in [3.8, 4) is 11.8 Å². The van der Waals surface area contributed by atoms with Crippen LogP contribution in [0.1, 0.15) is 18.9 Å². The van der Waals surface area contributed by atoms with E-state index in [0.717, 1.165) is 12.1 Å². The fraction of sp³-hybridized carbons (Fsp3) is 0.500. The number of likely N-dealkylation sites (tertiary alicyclic amines) is 1. The lowest BCUT2D eigenvalue weighted by Crippen LogP contribution is -2.26. The Labute approximate surface area is 149 Å². The van der Waals surface area contributed by atoms with Gasteiger partial charge >= 0.3 is 0 Å². The van der Waals surface area contributed by atoms with E-state index in [0.29, 0.717) is 26.1 Å². The summed E-state index contributed by atoms with van der Waals surface area (Å²) in [7, 11) is -2.04. The molecule has 1 aromatic carbocycles.